The Morgan fingerprint density at radius 2 is 2.12 bits per heavy atom. The second-order valence-corrected chi connectivity index (χ2v) is 7.89. The number of nitrogens with zero attached hydrogens (tertiary/aromatic N) is 2. The zero-order chi connectivity index (χ0) is 18.5. The molecule has 1 aliphatic rings. The number of hydrogen-bond acceptors (Lipinski definition) is 4. The molecule has 5 heteroatoms. The van der Waals surface area contributed by atoms with Gasteiger partial charge in [-0.25, -0.2) is 4.98 Å². The number of carbonyl (C=O) groups is 1. The maximum Gasteiger partial charge on any atom is 0.246 e. The summed E-state index contributed by atoms with van der Waals surface area (Å²) in [5.41, 5.74) is 3.33. The van der Waals surface area contributed by atoms with E-state index in [1.165, 1.54) is 11.1 Å². The molecule has 4 nitrogen and oxygen atoms in total. The van der Waals surface area contributed by atoms with Gasteiger partial charge in [0.15, 0.2) is 0 Å². The predicted molar refractivity (Wildman–Crippen MR) is 106 cm³/mol. The van der Waals surface area contributed by atoms with Gasteiger partial charge in [-0.05, 0) is 44.7 Å². The third-order valence-electron chi connectivity index (χ3n) is 4.90. The van der Waals surface area contributed by atoms with Crippen molar-refractivity contribution in [1.82, 2.24) is 9.88 Å². The van der Waals surface area contributed by atoms with Crippen LogP contribution in [0.4, 0.5) is 0 Å². The Morgan fingerprint density at radius 1 is 1.35 bits per heavy atom. The van der Waals surface area contributed by atoms with Crippen LogP contribution in [0.15, 0.2) is 35.7 Å². The van der Waals surface area contributed by atoms with Gasteiger partial charge in [0, 0.05) is 25.1 Å². The lowest BCUT2D eigenvalue weighted by Gasteiger charge is -2.40. The van der Waals surface area contributed by atoms with Crippen LogP contribution in [-0.4, -0.2) is 41.6 Å². The first-order valence-electron chi connectivity index (χ1n) is 9.06. The zero-order valence-electron chi connectivity index (χ0n) is 15.6. The molecule has 2 atom stereocenters. The van der Waals surface area contributed by atoms with Gasteiger partial charge in [0.1, 0.15) is 0 Å². The molecule has 26 heavy (non-hydrogen) atoms. The van der Waals surface area contributed by atoms with Crippen molar-refractivity contribution in [3.63, 3.8) is 0 Å². The summed E-state index contributed by atoms with van der Waals surface area (Å²) in [6.45, 7) is 4.83. The minimum absolute atomic E-state index is 0.0366. The molecule has 1 saturated heterocycles. The van der Waals surface area contributed by atoms with Crippen molar-refractivity contribution < 1.29 is 9.53 Å². The van der Waals surface area contributed by atoms with Crippen molar-refractivity contribution in [3.8, 4) is 0 Å². The molecule has 1 amide bonds. The standard InChI is InChI=1S/C21H26N2O2S/c1-15-6-8-17(9-7-15)13-19-20(25-3)5-4-12-23(19)21(24)11-10-18-14-26-16(2)22-18/h6-11,14,19-20H,4-5,12-13H2,1-3H3/b11-10+/t19-,20-/m0/s1. The first-order chi connectivity index (χ1) is 12.6. The van der Waals surface area contributed by atoms with Crippen LogP contribution in [0, 0.1) is 13.8 Å². The van der Waals surface area contributed by atoms with Crippen LogP contribution >= 0.6 is 11.3 Å². The average Bonchev–Trinajstić information content (AvgIpc) is 3.07. The van der Waals surface area contributed by atoms with Crippen LogP contribution in [0.25, 0.3) is 6.08 Å². The highest BCUT2D eigenvalue weighted by molar-refractivity contribution is 7.09. The van der Waals surface area contributed by atoms with Crippen LogP contribution in [0.2, 0.25) is 0 Å². The molecule has 0 spiro atoms. The van der Waals surface area contributed by atoms with Gasteiger partial charge >= 0.3 is 0 Å². The van der Waals surface area contributed by atoms with Gasteiger partial charge in [-0.15, -0.1) is 11.3 Å². The fourth-order valence-corrected chi connectivity index (χ4v) is 4.07. The first-order valence-corrected chi connectivity index (χ1v) is 9.94. The Hall–Kier alpha value is -1.98. The summed E-state index contributed by atoms with van der Waals surface area (Å²) >= 11 is 1.59. The number of amides is 1. The number of carbonyl (C=O) groups excluding carboxylic acids is 1. The van der Waals surface area contributed by atoms with Crippen LogP contribution < -0.4 is 0 Å². The Morgan fingerprint density at radius 3 is 2.77 bits per heavy atom. The summed E-state index contributed by atoms with van der Waals surface area (Å²) in [6, 6.07) is 8.60. The van der Waals surface area contributed by atoms with E-state index in [0.29, 0.717) is 0 Å². The van der Waals surface area contributed by atoms with Crippen LogP contribution in [-0.2, 0) is 16.0 Å². The summed E-state index contributed by atoms with van der Waals surface area (Å²) in [5, 5.41) is 2.98. The van der Waals surface area contributed by atoms with Gasteiger partial charge in [0.2, 0.25) is 5.91 Å². The molecule has 0 unspecified atom stereocenters. The van der Waals surface area contributed by atoms with E-state index < -0.39 is 0 Å². The van der Waals surface area contributed by atoms with Crippen LogP contribution in [0.3, 0.4) is 0 Å². The van der Waals surface area contributed by atoms with E-state index in [1.54, 1.807) is 24.5 Å². The normalized spacial score (nSPS) is 20.7. The van der Waals surface area contributed by atoms with Crippen molar-refractivity contribution in [2.24, 2.45) is 0 Å². The molecule has 138 valence electrons. The lowest BCUT2D eigenvalue weighted by atomic mass is 9.92. The number of aromatic nitrogens is 1. The van der Waals surface area contributed by atoms with E-state index in [1.807, 2.05) is 23.3 Å². The minimum Gasteiger partial charge on any atom is -0.379 e. The van der Waals surface area contributed by atoms with Crippen molar-refractivity contribution in [1.29, 1.82) is 0 Å². The maximum absolute atomic E-state index is 12.9. The molecule has 1 fully saturated rings. The molecule has 0 radical (unpaired) electrons. The van der Waals surface area contributed by atoms with Gasteiger partial charge in [0.25, 0.3) is 0 Å². The van der Waals surface area contributed by atoms with Gasteiger partial charge in [-0.2, -0.15) is 0 Å². The maximum atomic E-state index is 12.9. The Bertz CT molecular complexity index is 767. The Labute approximate surface area is 159 Å². The highest BCUT2D eigenvalue weighted by atomic mass is 32.1. The van der Waals surface area contributed by atoms with Crippen molar-refractivity contribution in [2.45, 2.75) is 45.3 Å². The molecule has 1 aromatic heterocycles. The third kappa shape index (κ3) is 4.59. The van der Waals surface area contributed by atoms with Gasteiger partial charge < -0.3 is 9.64 Å². The zero-order valence-corrected chi connectivity index (χ0v) is 16.5. The summed E-state index contributed by atoms with van der Waals surface area (Å²) in [5.74, 6) is 0.0366. The number of methoxy groups -OCH3 is 1. The third-order valence-corrected chi connectivity index (χ3v) is 5.69. The predicted octanol–water partition coefficient (Wildman–Crippen LogP) is 4.02. The molecule has 0 aliphatic carbocycles. The lowest BCUT2D eigenvalue weighted by molar-refractivity contribution is -0.134. The van der Waals surface area contributed by atoms with E-state index in [9.17, 15) is 4.79 Å². The second kappa shape index (κ2) is 8.60. The number of ether oxygens (including phenoxy) is 1. The first kappa shape index (κ1) is 18.8. The number of aryl methyl sites for hydroxylation is 2. The van der Waals surface area contributed by atoms with Gasteiger partial charge in [0.05, 0.1) is 22.8 Å². The van der Waals surface area contributed by atoms with E-state index in [4.69, 9.17) is 4.74 Å². The molecule has 2 aromatic rings. The van der Waals surface area contributed by atoms with Gasteiger partial charge in [-0.1, -0.05) is 29.8 Å². The molecule has 0 bridgehead atoms. The van der Waals surface area contributed by atoms with E-state index in [2.05, 4.69) is 36.2 Å². The van der Waals surface area contributed by atoms with E-state index in [0.717, 1.165) is 36.5 Å². The quantitative estimate of drug-likeness (QED) is 0.747. The number of thiazole rings is 1. The van der Waals surface area contributed by atoms with Crippen molar-refractivity contribution in [3.05, 3.63) is 57.6 Å². The summed E-state index contributed by atoms with van der Waals surface area (Å²) in [7, 11) is 1.74. The monoisotopic (exact) mass is 370 g/mol. The molecule has 0 N–H and O–H groups in total. The fraction of sp³-hybridized carbons (Fsp3) is 0.429. The Balaban J connectivity index is 1.76. The summed E-state index contributed by atoms with van der Waals surface area (Å²) < 4.78 is 5.72. The van der Waals surface area contributed by atoms with Crippen LogP contribution in [0.1, 0.15) is 34.7 Å². The highest BCUT2D eigenvalue weighted by Gasteiger charge is 2.33. The number of piperidine rings is 1. The summed E-state index contributed by atoms with van der Waals surface area (Å²) in [6.07, 6.45) is 6.31. The van der Waals surface area contributed by atoms with E-state index in [-0.39, 0.29) is 18.1 Å². The molecular formula is C21H26N2O2S. The van der Waals surface area contributed by atoms with Crippen molar-refractivity contribution in [2.75, 3.05) is 13.7 Å². The number of hydrogen-bond donors (Lipinski definition) is 0. The topological polar surface area (TPSA) is 42.4 Å². The molecule has 1 aliphatic heterocycles. The fourth-order valence-electron chi connectivity index (χ4n) is 3.49. The lowest BCUT2D eigenvalue weighted by Crippen LogP contribution is -2.52. The SMILES string of the molecule is CO[C@H]1CCCN(C(=O)/C=C/c2csc(C)n2)[C@H]1Cc1ccc(C)cc1. The molecule has 0 saturated carbocycles. The van der Waals surface area contributed by atoms with Crippen molar-refractivity contribution >= 4 is 23.3 Å². The van der Waals surface area contributed by atoms with E-state index >= 15 is 0 Å². The molecule has 1 aromatic carbocycles. The number of likely N-dealkylation sites (tertiary alicyclic amines) is 1. The average molecular weight is 371 g/mol. The largest absolute Gasteiger partial charge is 0.379 e. The molecule has 2 heterocycles. The number of benzene rings is 1. The minimum atomic E-state index is 0.0366. The van der Waals surface area contributed by atoms with Crippen LogP contribution in [0.5, 0.6) is 0 Å². The van der Waals surface area contributed by atoms with Gasteiger partial charge in [-0.3, -0.25) is 4.79 Å². The Kier molecular flexibility index (Phi) is 6.22. The second-order valence-electron chi connectivity index (χ2n) is 6.83. The number of rotatable bonds is 5. The smallest absolute Gasteiger partial charge is 0.246 e. The highest BCUT2D eigenvalue weighted by Crippen LogP contribution is 2.24. The molecular weight excluding hydrogens is 344 g/mol. The molecule has 3 rings (SSSR count). The summed E-state index contributed by atoms with van der Waals surface area (Å²) in [4.78, 5) is 19.2.